The molecule has 1 heterocycles. The number of fused-ring (bicyclic) bond motifs is 8. The monoisotopic (exact) mass is 703 g/mol. The second-order valence-corrected chi connectivity index (χ2v) is 15.3. The molecule has 11 rings (SSSR count). The van der Waals surface area contributed by atoms with Crippen LogP contribution in [0, 0.1) is 0 Å². The molecule has 1 aliphatic rings. The molecule has 0 N–H and O–H groups in total. The van der Waals surface area contributed by atoms with Gasteiger partial charge in [-0.3, -0.25) is 0 Å². The summed E-state index contributed by atoms with van der Waals surface area (Å²) >= 11 is 0. The molecule has 2 nitrogen and oxygen atoms in total. The highest BCUT2D eigenvalue weighted by Gasteiger charge is 2.35. The quantitative estimate of drug-likeness (QED) is 0.177. The molecule has 2 heteroatoms. The fourth-order valence-electron chi connectivity index (χ4n) is 9.17. The highest BCUT2D eigenvalue weighted by molar-refractivity contribution is 6.20. The van der Waals surface area contributed by atoms with E-state index in [0.29, 0.717) is 0 Å². The van der Waals surface area contributed by atoms with Crippen molar-refractivity contribution >= 4 is 60.5 Å². The van der Waals surface area contributed by atoms with Crippen molar-refractivity contribution in [3.8, 4) is 33.4 Å². The van der Waals surface area contributed by atoms with Crippen LogP contribution in [0.2, 0.25) is 0 Å². The second-order valence-electron chi connectivity index (χ2n) is 15.3. The first kappa shape index (κ1) is 31.6. The first-order valence-electron chi connectivity index (χ1n) is 19.1. The van der Waals surface area contributed by atoms with E-state index in [1.165, 1.54) is 60.5 Å². The van der Waals surface area contributed by atoms with Gasteiger partial charge in [-0.25, -0.2) is 0 Å². The molecule has 0 radical (unpaired) electrons. The number of hydrogen-bond donors (Lipinski definition) is 0. The van der Waals surface area contributed by atoms with Crippen LogP contribution in [0.15, 0.2) is 192 Å². The normalized spacial score (nSPS) is 13.1. The third kappa shape index (κ3) is 4.88. The van der Waals surface area contributed by atoms with Crippen molar-refractivity contribution in [2.45, 2.75) is 19.3 Å². The maximum atomic E-state index is 6.45. The Morgan fingerprint density at radius 2 is 1.05 bits per heavy atom. The Hall–Kier alpha value is -6.90. The van der Waals surface area contributed by atoms with Crippen molar-refractivity contribution in [2.24, 2.45) is 0 Å². The summed E-state index contributed by atoms with van der Waals surface area (Å²) in [6.07, 6.45) is 0. The van der Waals surface area contributed by atoms with Crippen LogP contribution in [0.25, 0.3) is 76.9 Å². The summed E-state index contributed by atoms with van der Waals surface area (Å²) in [5, 5.41) is 7.14. The topological polar surface area (TPSA) is 16.4 Å². The fourth-order valence-corrected chi connectivity index (χ4v) is 9.17. The number of rotatable bonds is 5. The summed E-state index contributed by atoms with van der Waals surface area (Å²) in [6.45, 7) is 4.69. The van der Waals surface area contributed by atoms with Crippen LogP contribution in [-0.2, 0) is 5.41 Å². The van der Waals surface area contributed by atoms with Gasteiger partial charge in [0, 0.05) is 38.7 Å². The van der Waals surface area contributed by atoms with E-state index in [1.807, 2.05) is 6.07 Å². The Balaban J connectivity index is 1.13. The van der Waals surface area contributed by atoms with Gasteiger partial charge < -0.3 is 9.32 Å². The lowest BCUT2D eigenvalue weighted by Crippen LogP contribution is -2.15. The Kier molecular flexibility index (Phi) is 6.93. The van der Waals surface area contributed by atoms with Gasteiger partial charge in [-0.05, 0) is 103 Å². The van der Waals surface area contributed by atoms with Gasteiger partial charge in [0.1, 0.15) is 11.2 Å². The van der Waals surface area contributed by atoms with E-state index in [2.05, 4.69) is 201 Å². The average Bonchev–Trinajstić information content (AvgIpc) is 3.71. The van der Waals surface area contributed by atoms with E-state index < -0.39 is 0 Å². The summed E-state index contributed by atoms with van der Waals surface area (Å²) in [6, 6.07) is 68.5. The van der Waals surface area contributed by atoms with Gasteiger partial charge in [0.2, 0.25) is 0 Å². The highest BCUT2D eigenvalue weighted by atomic mass is 16.3. The maximum absolute atomic E-state index is 6.45. The van der Waals surface area contributed by atoms with Crippen LogP contribution in [-0.4, -0.2) is 0 Å². The van der Waals surface area contributed by atoms with E-state index in [1.54, 1.807) is 0 Å². The number of hydrogen-bond acceptors (Lipinski definition) is 2. The predicted molar refractivity (Wildman–Crippen MR) is 232 cm³/mol. The van der Waals surface area contributed by atoms with Crippen molar-refractivity contribution in [1.29, 1.82) is 0 Å². The summed E-state index contributed by atoms with van der Waals surface area (Å²) < 4.78 is 6.45. The Morgan fingerprint density at radius 1 is 0.418 bits per heavy atom. The molecule has 0 saturated carbocycles. The molecule has 0 spiro atoms. The van der Waals surface area contributed by atoms with Crippen molar-refractivity contribution in [2.75, 3.05) is 4.90 Å². The lowest BCUT2D eigenvalue weighted by atomic mass is 9.82. The largest absolute Gasteiger partial charge is 0.456 e. The molecule has 0 bridgehead atoms. The van der Waals surface area contributed by atoms with Crippen LogP contribution in [0.4, 0.5) is 17.1 Å². The van der Waals surface area contributed by atoms with Gasteiger partial charge in [0.15, 0.2) is 0 Å². The first-order valence-corrected chi connectivity index (χ1v) is 19.1. The van der Waals surface area contributed by atoms with Crippen molar-refractivity contribution < 1.29 is 4.42 Å². The molecule has 1 aromatic heterocycles. The van der Waals surface area contributed by atoms with Crippen molar-refractivity contribution in [1.82, 2.24) is 0 Å². The minimum Gasteiger partial charge on any atom is -0.456 e. The van der Waals surface area contributed by atoms with Crippen molar-refractivity contribution in [3.63, 3.8) is 0 Å². The summed E-state index contributed by atoms with van der Waals surface area (Å²) in [4.78, 5) is 2.44. The van der Waals surface area contributed by atoms with E-state index in [-0.39, 0.29) is 5.41 Å². The highest BCUT2D eigenvalue weighted by Crippen LogP contribution is 2.51. The lowest BCUT2D eigenvalue weighted by Gasteiger charge is -2.29. The van der Waals surface area contributed by atoms with E-state index in [9.17, 15) is 0 Å². The molecule has 0 fully saturated rings. The Bertz CT molecular complexity index is 3130. The zero-order valence-electron chi connectivity index (χ0n) is 30.8. The number of para-hydroxylation sites is 2. The molecular formula is C53H37NO. The van der Waals surface area contributed by atoms with Crippen LogP contribution < -0.4 is 4.90 Å². The molecule has 0 amide bonds. The summed E-state index contributed by atoms with van der Waals surface area (Å²) in [7, 11) is 0. The third-order valence-corrected chi connectivity index (χ3v) is 11.8. The van der Waals surface area contributed by atoms with Gasteiger partial charge in [0.25, 0.3) is 0 Å². The number of nitrogens with zero attached hydrogens (tertiary/aromatic N) is 1. The first-order chi connectivity index (χ1) is 27.0. The van der Waals surface area contributed by atoms with Gasteiger partial charge in [0.05, 0.1) is 5.69 Å². The zero-order chi connectivity index (χ0) is 36.7. The van der Waals surface area contributed by atoms with E-state index in [0.717, 1.165) is 44.6 Å². The fraction of sp³-hybridized carbons (Fsp3) is 0.0566. The van der Waals surface area contributed by atoms with E-state index >= 15 is 0 Å². The van der Waals surface area contributed by atoms with Crippen LogP contribution in [0.5, 0.6) is 0 Å². The molecule has 260 valence electrons. The molecule has 0 saturated heterocycles. The molecule has 1 aliphatic carbocycles. The molecular weight excluding hydrogens is 667 g/mol. The average molecular weight is 704 g/mol. The molecule has 0 atom stereocenters. The SMILES string of the molecule is CC1(C)c2ccccc2-c2cc(N(c3ccc(-c4c5ccccc5cc5oc6ccccc6c45)cc3)c3ccccc3-c3ccc4ccccc4c3)ccc21. The summed E-state index contributed by atoms with van der Waals surface area (Å²) in [5.41, 5.74) is 15.2. The van der Waals surface area contributed by atoms with Gasteiger partial charge >= 0.3 is 0 Å². The van der Waals surface area contributed by atoms with Gasteiger partial charge in [-0.2, -0.15) is 0 Å². The molecule has 0 unspecified atom stereocenters. The predicted octanol–water partition coefficient (Wildman–Crippen LogP) is 15.0. The molecule has 9 aromatic carbocycles. The van der Waals surface area contributed by atoms with Crippen LogP contribution in [0.3, 0.4) is 0 Å². The van der Waals surface area contributed by atoms with Gasteiger partial charge in [-0.15, -0.1) is 0 Å². The van der Waals surface area contributed by atoms with E-state index in [4.69, 9.17) is 4.42 Å². The third-order valence-electron chi connectivity index (χ3n) is 11.8. The molecule has 10 aromatic rings. The second kappa shape index (κ2) is 12.1. The maximum Gasteiger partial charge on any atom is 0.136 e. The molecule has 0 aliphatic heterocycles. The summed E-state index contributed by atoms with van der Waals surface area (Å²) in [5.74, 6) is 0. The standard InChI is InChI=1S/C53H37NO/c1-53(2)46-20-10-7-18-43(46)45-33-40(29-30-47(45)53)54(48-21-11-8-16-41(48)38-24-23-34-13-3-4-14-36(34)31-38)39-27-25-35(26-28-39)51-42-17-6-5-15-37(42)32-50-52(51)44-19-9-12-22-49(44)55-50/h3-33H,1-2H3. The number of anilines is 3. The zero-order valence-corrected chi connectivity index (χ0v) is 30.8. The smallest absolute Gasteiger partial charge is 0.136 e. The minimum absolute atomic E-state index is 0.0685. The number of furan rings is 1. The Morgan fingerprint density at radius 3 is 1.91 bits per heavy atom. The van der Waals surface area contributed by atoms with Crippen LogP contribution in [0.1, 0.15) is 25.0 Å². The van der Waals surface area contributed by atoms with Gasteiger partial charge in [-0.1, -0.05) is 153 Å². The Labute approximate surface area is 320 Å². The minimum atomic E-state index is -0.0685. The molecule has 55 heavy (non-hydrogen) atoms. The van der Waals surface area contributed by atoms with Crippen molar-refractivity contribution in [3.05, 3.63) is 199 Å². The lowest BCUT2D eigenvalue weighted by molar-refractivity contribution is 0.660. The number of benzene rings is 9. The van der Waals surface area contributed by atoms with Crippen LogP contribution >= 0.6 is 0 Å².